The van der Waals surface area contributed by atoms with Crippen LogP contribution in [-0.4, -0.2) is 58.8 Å². The lowest BCUT2D eigenvalue weighted by atomic mass is 10.2. The van der Waals surface area contributed by atoms with Crippen LogP contribution >= 0.6 is 24.0 Å². The Kier molecular flexibility index (Phi) is 9.46. The highest BCUT2D eigenvalue weighted by molar-refractivity contribution is 14.0. The van der Waals surface area contributed by atoms with Gasteiger partial charge in [-0.1, -0.05) is 12.1 Å². The third kappa shape index (κ3) is 6.52. The molecule has 0 radical (unpaired) electrons. The van der Waals surface area contributed by atoms with Crippen LogP contribution in [0.15, 0.2) is 29.3 Å². The van der Waals surface area contributed by atoms with Crippen molar-refractivity contribution < 1.29 is 9.53 Å². The highest BCUT2D eigenvalue weighted by Gasteiger charge is 2.16. The Balaban J connectivity index is 0.00000288. The average Bonchev–Trinajstić information content (AvgIpc) is 2.58. The predicted octanol–water partition coefficient (Wildman–Crippen LogP) is 0.552. The van der Waals surface area contributed by atoms with Crippen LogP contribution in [-0.2, 0) is 16.1 Å². The molecule has 0 saturated carbocycles. The monoisotopic (exact) mass is 447 g/mol. The van der Waals surface area contributed by atoms with Gasteiger partial charge < -0.3 is 25.6 Å². The normalized spacial score (nSPS) is 14.7. The van der Waals surface area contributed by atoms with Crippen LogP contribution in [0.3, 0.4) is 0 Å². The Morgan fingerprint density at radius 1 is 1.33 bits per heavy atom. The number of nitrogens with one attached hydrogen (secondary N) is 3. The first-order chi connectivity index (χ1) is 11.2. The zero-order valence-corrected chi connectivity index (χ0v) is 16.5. The molecular weight excluding hydrogens is 421 g/mol. The average molecular weight is 447 g/mol. The van der Waals surface area contributed by atoms with E-state index in [0.29, 0.717) is 32.8 Å². The van der Waals surface area contributed by atoms with E-state index in [1.54, 1.807) is 14.2 Å². The smallest absolute Gasteiger partial charge is 0.239 e. The minimum Gasteiger partial charge on any atom is -0.383 e. The molecule has 1 heterocycles. The number of carbonyl (C=O) groups excluding carboxylic acids is 1. The molecule has 0 spiro atoms. The molecule has 0 aromatic heterocycles. The number of anilines is 1. The minimum absolute atomic E-state index is 0. The first kappa shape index (κ1) is 20.5. The van der Waals surface area contributed by atoms with Gasteiger partial charge in [-0.05, 0) is 17.7 Å². The lowest BCUT2D eigenvalue weighted by Gasteiger charge is -2.28. The number of methoxy groups -OCH3 is 1. The van der Waals surface area contributed by atoms with Crippen LogP contribution in [0.4, 0.5) is 5.69 Å². The molecule has 1 aromatic carbocycles. The van der Waals surface area contributed by atoms with Gasteiger partial charge in [0.15, 0.2) is 5.96 Å². The number of guanidine groups is 1. The SMILES string of the molecule is CN=C(NCCOC)NCc1ccc(N2CCNC(=O)C2)cc1.I. The molecule has 1 aliphatic heterocycles. The number of ether oxygens (including phenoxy) is 1. The van der Waals surface area contributed by atoms with Crippen molar-refractivity contribution in [1.82, 2.24) is 16.0 Å². The summed E-state index contributed by atoms with van der Waals surface area (Å²) in [5, 5.41) is 9.26. The molecule has 0 atom stereocenters. The number of benzene rings is 1. The van der Waals surface area contributed by atoms with Crippen molar-refractivity contribution in [2.24, 2.45) is 4.99 Å². The van der Waals surface area contributed by atoms with E-state index in [0.717, 1.165) is 23.8 Å². The van der Waals surface area contributed by atoms with Gasteiger partial charge in [0.25, 0.3) is 0 Å². The quantitative estimate of drug-likeness (QED) is 0.257. The summed E-state index contributed by atoms with van der Waals surface area (Å²) in [5.41, 5.74) is 2.23. The van der Waals surface area contributed by atoms with Gasteiger partial charge in [-0.3, -0.25) is 9.79 Å². The Hall–Kier alpha value is -1.55. The summed E-state index contributed by atoms with van der Waals surface area (Å²) in [5.74, 6) is 0.826. The van der Waals surface area contributed by atoms with Gasteiger partial charge in [0.05, 0.1) is 13.2 Å². The van der Waals surface area contributed by atoms with Crippen LogP contribution < -0.4 is 20.9 Å². The maximum absolute atomic E-state index is 11.4. The highest BCUT2D eigenvalue weighted by Crippen LogP contribution is 2.15. The fourth-order valence-electron chi connectivity index (χ4n) is 2.36. The summed E-state index contributed by atoms with van der Waals surface area (Å²) >= 11 is 0. The second kappa shape index (κ2) is 11.1. The van der Waals surface area contributed by atoms with Gasteiger partial charge in [-0.15, -0.1) is 24.0 Å². The van der Waals surface area contributed by atoms with Gasteiger partial charge in [0.2, 0.25) is 5.91 Å². The van der Waals surface area contributed by atoms with E-state index in [-0.39, 0.29) is 29.9 Å². The van der Waals surface area contributed by atoms with Crippen molar-refractivity contribution in [1.29, 1.82) is 0 Å². The number of rotatable bonds is 6. The van der Waals surface area contributed by atoms with E-state index >= 15 is 0 Å². The van der Waals surface area contributed by atoms with Gasteiger partial charge in [-0.2, -0.15) is 0 Å². The molecule has 7 nitrogen and oxygen atoms in total. The van der Waals surface area contributed by atoms with E-state index in [4.69, 9.17) is 4.74 Å². The maximum atomic E-state index is 11.4. The third-order valence-corrected chi connectivity index (χ3v) is 3.62. The highest BCUT2D eigenvalue weighted by atomic mass is 127. The van der Waals surface area contributed by atoms with E-state index in [2.05, 4.69) is 50.1 Å². The van der Waals surface area contributed by atoms with Crippen LogP contribution in [0.5, 0.6) is 0 Å². The van der Waals surface area contributed by atoms with Crippen molar-refractivity contribution in [2.75, 3.05) is 51.8 Å². The molecule has 1 aliphatic rings. The molecule has 0 bridgehead atoms. The summed E-state index contributed by atoms with van der Waals surface area (Å²) in [6.07, 6.45) is 0. The molecule has 134 valence electrons. The van der Waals surface area contributed by atoms with Gasteiger partial charge in [0.1, 0.15) is 0 Å². The molecule has 24 heavy (non-hydrogen) atoms. The van der Waals surface area contributed by atoms with Crippen molar-refractivity contribution in [3.63, 3.8) is 0 Å². The zero-order valence-electron chi connectivity index (χ0n) is 14.2. The van der Waals surface area contributed by atoms with E-state index in [9.17, 15) is 4.79 Å². The van der Waals surface area contributed by atoms with Crippen molar-refractivity contribution in [3.8, 4) is 0 Å². The molecule has 1 fully saturated rings. The van der Waals surface area contributed by atoms with Crippen LogP contribution in [0.2, 0.25) is 0 Å². The number of hydrogen-bond donors (Lipinski definition) is 3. The fourth-order valence-corrected chi connectivity index (χ4v) is 2.36. The first-order valence-electron chi connectivity index (χ1n) is 7.77. The lowest BCUT2D eigenvalue weighted by Crippen LogP contribution is -2.47. The third-order valence-electron chi connectivity index (χ3n) is 3.62. The van der Waals surface area contributed by atoms with E-state index in [1.807, 2.05) is 0 Å². The second-order valence-electron chi connectivity index (χ2n) is 5.28. The first-order valence-corrected chi connectivity index (χ1v) is 7.77. The zero-order chi connectivity index (χ0) is 16.5. The topological polar surface area (TPSA) is 78.0 Å². The fraction of sp³-hybridized carbons (Fsp3) is 0.500. The number of piperazine rings is 1. The molecule has 1 amide bonds. The summed E-state index contributed by atoms with van der Waals surface area (Å²) in [4.78, 5) is 17.7. The number of carbonyl (C=O) groups is 1. The van der Waals surface area contributed by atoms with Gasteiger partial charge in [0, 0.05) is 46.0 Å². The van der Waals surface area contributed by atoms with Crippen molar-refractivity contribution in [2.45, 2.75) is 6.54 Å². The van der Waals surface area contributed by atoms with Crippen molar-refractivity contribution in [3.05, 3.63) is 29.8 Å². The van der Waals surface area contributed by atoms with E-state index < -0.39 is 0 Å². The summed E-state index contributed by atoms with van der Waals surface area (Å²) in [6, 6.07) is 8.24. The van der Waals surface area contributed by atoms with E-state index in [1.165, 1.54) is 0 Å². The lowest BCUT2D eigenvalue weighted by molar-refractivity contribution is -0.120. The number of aliphatic imine (C=N–C) groups is 1. The molecule has 8 heteroatoms. The molecule has 0 unspecified atom stereocenters. The maximum Gasteiger partial charge on any atom is 0.239 e. The predicted molar refractivity (Wildman–Crippen MR) is 107 cm³/mol. The molecule has 1 saturated heterocycles. The number of hydrogen-bond acceptors (Lipinski definition) is 4. The summed E-state index contributed by atoms with van der Waals surface area (Å²) < 4.78 is 5.00. The number of amides is 1. The van der Waals surface area contributed by atoms with Crippen LogP contribution in [0.25, 0.3) is 0 Å². The second-order valence-corrected chi connectivity index (χ2v) is 5.28. The van der Waals surface area contributed by atoms with Crippen LogP contribution in [0, 0.1) is 0 Å². The molecular formula is C16H26IN5O2. The minimum atomic E-state index is 0. The molecule has 2 rings (SSSR count). The largest absolute Gasteiger partial charge is 0.383 e. The van der Waals surface area contributed by atoms with Crippen LogP contribution in [0.1, 0.15) is 5.56 Å². The molecule has 3 N–H and O–H groups in total. The number of nitrogens with zero attached hydrogens (tertiary/aromatic N) is 2. The summed E-state index contributed by atoms with van der Waals surface area (Å²) in [6.45, 7) is 4.01. The van der Waals surface area contributed by atoms with Crippen molar-refractivity contribution >= 4 is 41.5 Å². The Morgan fingerprint density at radius 2 is 2.08 bits per heavy atom. The van der Waals surface area contributed by atoms with Gasteiger partial charge in [-0.25, -0.2) is 0 Å². The Bertz CT molecular complexity index is 536. The van der Waals surface area contributed by atoms with Gasteiger partial charge >= 0.3 is 0 Å². The Morgan fingerprint density at radius 3 is 2.71 bits per heavy atom. The Labute approximate surface area is 160 Å². The number of halogens is 1. The molecule has 0 aliphatic carbocycles. The molecule has 1 aromatic rings. The standard InChI is InChI=1S/C16H25N5O2.HI/c1-17-16(19-8-10-23-2)20-11-13-3-5-14(6-4-13)21-9-7-18-15(22)12-21;/h3-6H,7-12H2,1-2H3,(H,18,22)(H2,17,19,20);1H. The summed E-state index contributed by atoms with van der Waals surface area (Å²) in [7, 11) is 3.41.